The molecular weight excluding hydrogens is 196 g/mol. The van der Waals surface area contributed by atoms with Gasteiger partial charge in [-0.25, -0.2) is 0 Å². The van der Waals surface area contributed by atoms with Crippen LogP contribution in [0.3, 0.4) is 0 Å². The Morgan fingerprint density at radius 2 is 1.88 bits per heavy atom. The van der Waals surface area contributed by atoms with Crippen LogP contribution in [0.15, 0.2) is 30.3 Å². The summed E-state index contributed by atoms with van der Waals surface area (Å²) < 4.78 is 0. The maximum atomic E-state index is 3.44. The molecule has 2 heteroatoms. The number of likely N-dealkylation sites (N-methyl/N-ethyl adjacent to an activating group) is 1. The molecule has 1 aliphatic rings. The second kappa shape index (κ2) is 6.02. The van der Waals surface area contributed by atoms with Crippen molar-refractivity contribution in [2.45, 2.75) is 25.3 Å². The zero-order valence-corrected chi connectivity index (χ0v) is 10.2. The van der Waals surface area contributed by atoms with Gasteiger partial charge < -0.3 is 10.2 Å². The standard InChI is InChI=1S/C14H22N2/c1-15-14(12-16-9-5-6-10-16)11-13-7-3-2-4-8-13/h2-4,7-8,14-15H,5-6,9-12H2,1H3/t14-/m0/s1. The number of hydrogen-bond acceptors (Lipinski definition) is 2. The van der Waals surface area contributed by atoms with E-state index in [1.54, 1.807) is 0 Å². The summed E-state index contributed by atoms with van der Waals surface area (Å²) in [6.07, 6.45) is 3.89. The lowest BCUT2D eigenvalue weighted by Gasteiger charge is -2.23. The van der Waals surface area contributed by atoms with Gasteiger partial charge in [-0.2, -0.15) is 0 Å². The third kappa shape index (κ3) is 3.32. The lowest BCUT2D eigenvalue weighted by Crippen LogP contribution is -2.39. The van der Waals surface area contributed by atoms with Crippen LogP contribution in [0.2, 0.25) is 0 Å². The molecule has 1 heterocycles. The zero-order valence-electron chi connectivity index (χ0n) is 10.2. The molecule has 0 saturated carbocycles. The highest BCUT2D eigenvalue weighted by Gasteiger charge is 2.16. The van der Waals surface area contributed by atoms with Gasteiger partial charge in [-0.05, 0) is 45.0 Å². The first-order valence-corrected chi connectivity index (χ1v) is 6.32. The van der Waals surface area contributed by atoms with E-state index in [2.05, 4.69) is 47.6 Å². The Kier molecular flexibility index (Phi) is 4.37. The SMILES string of the molecule is CN[C@@H](Cc1ccccc1)CN1CCCC1. The summed E-state index contributed by atoms with van der Waals surface area (Å²) >= 11 is 0. The van der Waals surface area contributed by atoms with Crippen LogP contribution in [0.4, 0.5) is 0 Å². The average molecular weight is 218 g/mol. The average Bonchev–Trinajstić information content (AvgIpc) is 2.82. The lowest BCUT2D eigenvalue weighted by atomic mass is 10.1. The number of hydrogen-bond donors (Lipinski definition) is 1. The predicted octanol–water partition coefficient (Wildman–Crippen LogP) is 1.91. The van der Waals surface area contributed by atoms with Crippen molar-refractivity contribution in [3.63, 3.8) is 0 Å². The van der Waals surface area contributed by atoms with Crippen molar-refractivity contribution < 1.29 is 0 Å². The number of likely N-dealkylation sites (tertiary alicyclic amines) is 1. The first-order chi connectivity index (χ1) is 7.88. The molecule has 0 unspecified atom stereocenters. The van der Waals surface area contributed by atoms with Crippen molar-refractivity contribution in [1.82, 2.24) is 10.2 Å². The molecule has 0 aromatic heterocycles. The Labute approximate surface area is 98.7 Å². The number of nitrogens with one attached hydrogen (secondary N) is 1. The van der Waals surface area contributed by atoms with Gasteiger partial charge in [-0.1, -0.05) is 30.3 Å². The summed E-state index contributed by atoms with van der Waals surface area (Å²) in [7, 11) is 2.07. The summed E-state index contributed by atoms with van der Waals surface area (Å²) in [5, 5.41) is 3.44. The Morgan fingerprint density at radius 3 is 2.50 bits per heavy atom. The molecule has 1 atom stereocenters. The van der Waals surface area contributed by atoms with E-state index in [-0.39, 0.29) is 0 Å². The Hall–Kier alpha value is -0.860. The van der Waals surface area contributed by atoms with Gasteiger partial charge in [0.05, 0.1) is 0 Å². The largest absolute Gasteiger partial charge is 0.315 e. The van der Waals surface area contributed by atoms with E-state index in [0.717, 1.165) is 6.42 Å². The van der Waals surface area contributed by atoms with Gasteiger partial charge in [0.1, 0.15) is 0 Å². The fourth-order valence-electron chi connectivity index (χ4n) is 2.43. The van der Waals surface area contributed by atoms with Crippen molar-refractivity contribution >= 4 is 0 Å². The topological polar surface area (TPSA) is 15.3 Å². The normalized spacial score (nSPS) is 18.8. The molecule has 1 fully saturated rings. The van der Waals surface area contributed by atoms with E-state index >= 15 is 0 Å². The highest BCUT2D eigenvalue weighted by molar-refractivity contribution is 5.16. The van der Waals surface area contributed by atoms with Gasteiger partial charge in [0.25, 0.3) is 0 Å². The van der Waals surface area contributed by atoms with Crippen molar-refractivity contribution in [1.29, 1.82) is 0 Å². The maximum absolute atomic E-state index is 3.44. The van der Waals surface area contributed by atoms with E-state index in [9.17, 15) is 0 Å². The van der Waals surface area contributed by atoms with Crippen LogP contribution in [0.5, 0.6) is 0 Å². The smallest absolute Gasteiger partial charge is 0.0232 e. The molecule has 1 aliphatic heterocycles. The van der Waals surface area contributed by atoms with Gasteiger partial charge in [-0.3, -0.25) is 0 Å². The third-order valence-corrected chi connectivity index (χ3v) is 3.41. The lowest BCUT2D eigenvalue weighted by molar-refractivity contribution is 0.296. The molecule has 0 aliphatic carbocycles. The van der Waals surface area contributed by atoms with Gasteiger partial charge in [0.2, 0.25) is 0 Å². The minimum Gasteiger partial charge on any atom is -0.315 e. The quantitative estimate of drug-likeness (QED) is 0.812. The Morgan fingerprint density at radius 1 is 1.19 bits per heavy atom. The number of nitrogens with zero attached hydrogens (tertiary/aromatic N) is 1. The molecular formula is C14H22N2. The molecule has 2 rings (SSSR count). The van der Waals surface area contributed by atoms with E-state index in [0.29, 0.717) is 6.04 Å². The molecule has 1 aromatic rings. The fraction of sp³-hybridized carbons (Fsp3) is 0.571. The van der Waals surface area contributed by atoms with Crippen LogP contribution < -0.4 is 5.32 Å². The highest BCUT2D eigenvalue weighted by atomic mass is 15.2. The highest BCUT2D eigenvalue weighted by Crippen LogP contribution is 2.10. The monoisotopic (exact) mass is 218 g/mol. The zero-order chi connectivity index (χ0) is 11.2. The van der Waals surface area contributed by atoms with Crippen molar-refractivity contribution in [2.75, 3.05) is 26.7 Å². The second-order valence-electron chi connectivity index (χ2n) is 4.68. The van der Waals surface area contributed by atoms with Crippen LogP contribution in [-0.4, -0.2) is 37.6 Å². The van der Waals surface area contributed by atoms with Crippen LogP contribution >= 0.6 is 0 Å². The molecule has 0 radical (unpaired) electrons. The molecule has 0 bridgehead atoms. The molecule has 1 N–H and O–H groups in total. The maximum Gasteiger partial charge on any atom is 0.0232 e. The number of rotatable bonds is 5. The first-order valence-electron chi connectivity index (χ1n) is 6.32. The van der Waals surface area contributed by atoms with Gasteiger partial charge in [0, 0.05) is 12.6 Å². The third-order valence-electron chi connectivity index (χ3n) is 3.41. The molecule has 16 heavy (non-hydrogen) atoms. The minimum absolute atomic E-state index is 0.584. The van der Waals surface area contributed by atoms with Crippen LogP contribution in [0.1, 0.15) is 18.4 Å². The van der Waals surface area contributed by atoms with Gasteiger partial charge in [-0.15, -0.1) is 0 Å². The molecule has 2 nitrogen and oxygen atoms in total. The Bertz CT molecular complexity index is 291. The van der Waals surface area contributed by atoms with Crippen molar-refractivity contribution in [3.8, 4) is 0 Å². The summed E-state index contributed by atoms with van der Waals surface area (Å²) in [6.45, 7) is 3.76. The number of benzene rings is 1. The van der Waals surface area contributed by atoms with Gasteiger partial charge >= 0.3 is 0 Å². The molecule has 0 amide bonds. The summed E-state index contributed by atoms with van der Waals surface area (Å²) in [5.41, 5.74) is 1.43. The first kappa shape index (κ1) is 11.6. The van der Waals surface area contributed by atoms with Crippen molar-refractivity contribution in [2.24, 2.45) is 0 Å². The van der Waals surface area contributed by atoms with Crippen LogP contribution in [0, 0.1) is 0 Å². The molecule has 1 saturated heterocycles. The molecule has 88 valence electrons. The van der Waals surface area contributed by atoms with Crippen LogP contribution in [0.25, 0.3) is 0 Å². The summed E-state index contributed by atoms with van der Waals surface area (Å²) in [6, 6.07) is 11.3. The van der Waals surface area contributed by atoms with E-state index < -0.39 is 0 Å². The fourth-order valence-corrected chi connectivity index (χ4v) is 2.43. The van der Waals surface area contributed by atoms with E-state index in [1.807, 2.05) is 0 Å². The minimum atomic E-state index is 0.584. The second-order valence-corrected chi connectivity index (χ2v) is 4.68. The molecule has 1 aromatic carbocycles. The van der Waals surface area contributed by atoms with E-state index in [1.165, 1.54) is 38.0 Å². The summed E-state index contributed by atoms with van der Waals surface area (Å²) in [5.74, 6) is 0. The predicted molar refractivity (Wildman–Crippen MR) is 68.7 cm³/mol. The summed E-state index contributed by atoms with van der Waals surface area (Å²) in [4.78, 5) is 2.57. The van der Waals surface area contributed by atoms with E-state index in [4.69, 9.17) is 0 Å². The van der Waals surface area contributed by atoms with Crippen molar-refractivity contribution in [3.05, 3.63) is 35.9 Å². The van der Waals surface area contributed by atoms with Gasteiger partial charge in [0.15, 0.2) is 0 Å². The van der Waals surface area contributed by atoms with Crippen LogP contribution in [-0.2, 0) is 6.42 Å². The Balaban J connectivity index is 1.85. The molecule has 0 spiro atoms.